The van der Waals surface area contributed by atoms with Crippen LogP contribution in [-0.4, -0.2) is 26.1 Å². The van der Waals surface area contributed by atoms with Crippen molar-refractivity contribution in [1.82, 2.24) is 0 Å². The Balaban J connectivity index is 2.04. The molecular weight excluding hydrogens is 334 g/mol. The van der Waals surface area contributed by atoms with Crippen molar-refractivity contribution in [3.8, 4) is 0 Å². The SMILES string of the molecule is O=C(c1ccccc1)N(c1cccc(Cl)c1)C1C=CS(=O)(=O)C1. The lowest BCUT2D eigenvalue weighted by atomic mass is 10.1. The number of amides is 1. The molecule has 0 aliphatic carbocycles. The van der Waals surface area contributed by atoms with Crippen LogP contribution in [0.2, 0.25) is 5.02 Å². The van der Waals surface area contributed by atoms with Crippen molar-refractivity contribution in [2.24, 2.45) is 0 Å². The van der Waals surface area contributed by atoms with Gasteiger partial charge in [0.2, 0.25) is 0 Å². The molecule has 1 heterocycles. The highest BCUT2D eigenvalue weighted by molar-refractivity contribution is 7.94. The summed E-state index contributed by atoms with van der Waals surface area (Å²) in [5.74, 6) is -0.391. The zero-order valence-corrected chi connectivity index (χ0v) is 13.7. The van der Waals surface area contributed by atoms with Crippen molar-refractivity contribution < 1.29 is 13.2 Å². The van der Waals surface area contributed by atoms with E-state index in [0.717, 1.165) is 5.41 Å². The highest BCUT2D eigenvalue weighted by Gasteiger charge is 2.32. The molecule has 0 radical (unpaired) electrons. The summed E-state index contributed by atoms with van der Waals surface area (Å²) >= 11 is 6.03. The zero-order valence-electron chi connectivity index (χ0n) is 12.1. The topological polar surface area (TPSA) is 54.5 Å². The van der Waals surface area contributed by atoms with E-state index < -0.39 is 15.9 Å². The van der Waals surface area contributed by atoms with E-state index in [0.29, 0.717) is 16.3 Å². The third kappa shape index (κ3) is 3.46. The second kappa shape index (κ2) is 6.18. The van der Waals surface area contributed by atoms with Gasteiger partial charge in [-0.2, -0.15) is 0 Å². The van der Waals surface area contributed by atoms with Gasteiger partial charge in [-0.05, 0) is 36.4 Å². The van der Waals surface area contributed by atoms with Gasteiger partial charge in [0.1, 0.15) is 0 Å². The molecule has 0 saturated heterocycles. The summed E-state index contributed by atoms with van der Waals surface area (Å²) in [5.41, 5.74) is 1.06. The summed E-state index contributed by atoms with van der Waals surface area (Å²) in [6.45, 7) is 0. The van der Waals surface area contributed by atoms with Crippen molar-refractivity contribution in [3.05, 3.63) is 76.7 Å². The van der Waals surface area contributed by atoms with Gasteiger partial charge in [-0.1, -0.05) is 35.9 Å². The number of hydrogen-bond donors (Lipinski definition) is 0. The van der Waals surface area contributed by atoms with Crippen molar-refractivity contribution in [2.45, 2.75) is 6.04 Å². The average Bonchev–Trinajstić information content (AvgIpc) is 2.88. The highest BCUT2D eigenvalue weighted by Crippen LogP contribution is 2.27. The smallest absolute Gasteiger partial charge is 0.258 e. The van der Waals surface area contributed by atoms with E-state index in [-0.39, 0.29) is 11.7 Å². The maximum absolute atomic E-state index is 12.9. The minimum absolute atomic E-state index is 0.127. The Morgan fingerprint density at radius 3 is 2.43 bits per heavy atom. The fraction of sp³-hybridized carbons (Fsp3) is 0.118. The van der Waals surface area contributed by atoms with Gasteiger partial charge in [-0.3, -0.25) is 4.79 Å². The van der Waals surface area contributed by atoms with Crippen LogP contribution in [0.3, 0.4) is 0 Å². The predicted molar refractivity (Wildman–Crippen MR) is 91.4 cm³/mol. The second-order valence-corrected chi connectivity index (χ2v) is 7.61. The summed E-state index contributed by atoms with van der Waals surface area (Å²) < 4.78 is 23.5. The predicted octanol–water partition coefficient (Wildman–Crippen LogP) is 3.30. The molecule has 0 fully saturated rings. The molecule has 0 spiro atoms. The number of carbonyl (C=O) groups excluding carboxylic acids is 1. The van der Waals surface area contributed by atoms with Crippen LogP contribution in [0.1, 0.15) is 10.4 Å². The maximum atomic E-state index is 12.9. The van der Waals surface area contributed by atoms with Gasteiger partial charge in [0, 0.05) is 21.7 Å². The fourth-order valence-electron chi connectivity index (χ4n) is 2.53. The van der Waals surface area contributed by atoms with Crippen LogP contribution in [0.4, 0.5) is 5.69 Å². The molecule has 1 aliphatic heterocycles. The van der Waals surface area contributed by atoms with E-state index in [1.54, 1.807) is 48.5 Å². The van der Waals surface area contributed by atoms with Gasteiger partial charge < -0.3 is 4.90 Å². The van der Waals surface area contributed by atoms with Crippen LogP contribution < -0.4 is 4.90 Å². The quantitative estimate of drug-likeness (QED) is 0.856. The number of halogens is 1. The Bertz CT molecular complexity index is 862. The fourth-order valence-corrected chi connectivity index (χ4v) is 3.98. The monoisotopic (exact) mass is 347 g/mol. The van der Waals surface area contributed by atoms with E-state index >= 15 is 0 Å². The molecule has 23 heavy (non-hydrogen) atoms. The Kier molecular flexibility index (Phi) is 4.24. The van der Waals surface area contributed by atoms with E-state index in [2.05, 4.69) is 0 Å². The van der Waals surface area contributed by atoms with E-state index in [4.69, 9.17) is 11.6 Å². The Hall–Kier alpha value is -2.11. The molecule has 4 nitrogen and oxygen atoms in total. The standard InChI is InChI=1S/C17H14ClNO3S/c18-14-7-4-8-15(11-14)19(16-9-10-23(21,22)12-16)17(20)13-5-2-1-3-6-13/h1-11,16H,12H2. The van der Waals surface area contributed by atoms with Crippen LogP contribution in [0, 0.1) is 0 Å². The lowest BCUT2D eigenvalue weighted by Gasteiger charge is -2.28. The van der Waals surface area contributed by atoms with Gasteiger partial charge in [0.25, 0.3) is 5.91 Å². The number of carbonyl (C=O) groups is 1. The summed E-state index contributed by atoms with van der Waals surface area (Å²) in [6, 6.07) is 15.0. The van der Waals surface area contributed by atoms with Crippen LogP contribution in [0.25, 0.3) is 0 Å². The summed E-state index contributed by atoms with van der Waals surface area (Å²) in [5, 5.41) is 1.64. The first kappa shape index (κ1) is 15.8. The van der Waals surface area contributed by atoms with Gasteiger partial charge in [-0.25, -0.2) is 8.42 Å². The third-order valence-corrected chi connectivity index (χ3v) is 5.18. The van der Waals surface area contributed by atoms with Gasteiger partial charge in [0.05, 0.1) is 11.8 Å². The summed E-state index contributed by atoms with van der Waals surface area (Å²) in [4.78, 5) is 14.4. The molecule has 0 N–H and O–H groups in total. The van der Waals surface area contributed by atoms with Crippen LogP contribution >= 0.6 is 11.6 Å². The number of sulfone groups is 1. The summed E-state index contributed by atoms with van der Waals surface area (Å²) in [6.07, 6.45) is 1.54. The maximum Gasteiger partial charge on any atom is 0.258 e. The van der Waals surface area contributed by atoms with E-state index in [1.165, 1.54) is 11.0 Å². The Morgan fingerprint density at radius 1 is 1.09 bits per heavy atom. The Labute approximate surface area is 139 Å². The number of hydrogen-bond acceptors (Lipinski definition) is 3. The molecule has 2 aromatic carbocycles. The molecule has 1 unspecified atom stereocenters. The highest BCUT2D eigenvalue weighted by atomic mass is 35.5. The normalized spacial score (nSPS) is 18.7. The molecule has 0 saturated carbocycles. The zero-order chi connectivity index (χ0) is 16.4. The molecule has 0 bridgehead atoms. The van der Waals surface area contributed by atoms with Crippen molar-refractivity contribution in [1.29, 1.82) is 0 Å². The largest absolute Gasteiger partial charge is 0.300 e. The molecule has 0 aromatic heterocycles. The van der Waals surface area contributed by atoms with E-state index in [1.807, 2.05) is 6.07 Å². The van der Waals surface area contributed by atoms with Crippen molar-refractivity contribution >= 4 is 33.0 Å². The molecule has 1 amide bonds. The van der Waals surface area contributed by atoms with Gasteiger partial charge in [-0.15, -0.1) is 0 Å². The minimum atomic E-state index is -3.28. The number of rotatable bonds is 3. The Morgan fingerprint density at radius 2 is 1.83 bits per heavy atom. The third-order valence-electron chi connectivity index (χ3n) is 3.57. The molecule has 6 heteroatoms. The van der Waals surface area contributed by atoms with Crippen LogP contribution in [0.15, 0.2) is 66.1 Å². The first-order valence-electron chi connectivity index (χ1n) is 7.01. The summed E-state index contributed by atoms with van der Waals surface area (Å²) in [7, 11) is -3.28. The second-order valence-electron chi connectivity index (χ2n) is 5.25. The minimum Gasteiger partial charge on any atom is -0.300 e. The lowest BCUT2D eigenvalue weighted by Crippen LogP contribution is -2.41. The van der Waals surface area contributed by atoms with Crippen LogP contribution in [0.5, 0.6) is 0 Å². The van der Waals surface area contributed by atoms with Crippen LogP contribution in [-0.2, 0) is 9.84 Å². The number of nitrogens with zero attached hydrogens (tertiary/aromatic N) is 1. The van der Waals surface area contributed by atoms with Gasteiger partial charge in [0.15, 0.2) is 9.84 Å². The lowest BCUT2D eigenvalue weighted by molar-refractivity contribution is 0.0983. The average molecular weight is 348 g/mol. The van der Waals surface area contributed by atoms with E-state index in [9.17, 15) is 13.2 Å². The van der Waals surface area contributed by atoms with Crippen molar-refractivity contribution in [2.75, 3.05) is 10.7 Å². The number of benzene rings is 2. The number of anilines is 1. The van der Waals surface area contributed by atoms with Gasteiger partial charge >= 0.3 is 0 Å². The molecule has 1 atom stereocenters. The molecule has 2 aromatic rings. The molecule has 1 aliphatic rings. The van der Waals surface area contributed by atoms with Crippen molar-refractivity contribution in [3.63, 3.8) is 0 Å². The molecule has 3 rings (SSSR count). The first-order chi connectivity index (χ1) is 11.0. The molecule has 118 valence electrons. The first-order valence-corrected chi connectivity index (χ1v) is 9.11. The molecular formula is C17H14ClNO3S.